The van der Waals surface area contributed by atoms with Crippen LogP contribution in [0.5, 0.6) is 0 Å². The second-order valence-electron chi connectivity index (χ2n) is 6.07. The summed E-state index contributed by atoms with van der Waals surface area (Å²) in [6, 6.07) is 11.0. The van der Waals surface area contributed by atoms with E-state index in [4.69, 9.17) is 10.0 Å². The molecule has 3 aromatic rings. The van der Waals surface area contributed by atoms with Crippen molar-refractivity contribution in [2.24, 2.45) is 0 Å². The Bertz CT molecular complexity index is 988. The predicted molar refractivity (Wildman–Crippen MR) is 103 cm³/mol. The van der Waals surface area contributed by atoms with E-state index in [2.05, 4.69) is 15.0 Å². The van der Waals surface area contributed by atoms with Gasteiger partial charge in [-0.25, -0.2) is 4.98 Å². The number of nitrogens with one attached hydrogen (secondary N) is 1. The first kappa shape index (κ1) is 17.0. The Morgan fingerprint density at radius 1 is 1.08 bits per heavy atom. The molecule has 6 nitrogen and oxygen atoms in total. The van der Waals surface area contributed by atoms with Gasteiger partial charge in [0.05, 0.1) is 11.4 Å². The highest BCUT2D eigenvalue weighted by Gasteiger charge is 2.16. The zero-order chi connectivity index (χ0) is 18.1. The molecule has 3 heterocycles. The van der Waals surface area contributed by atoms with E-state index in [1.165, 1.54) is 6.20 Å². The fourth-order valence-electron chi connectivity index (χ4n) is 2.91. The maximum atomic E-state index is 12.3. The first-order chi connectivity index (χ1) is 12.6. The second-order valence-corrected chi connectivity index (χ2v) is 7.18. The van der Waals surface area contributed by atoms with Gasteiger partial charge in [0.1, 0.15) is 5.82 Å². The van der Waals surface area contributed by atoms with Crippen LogP contribution >= 0.6 is 11.8 Å². The molecule has 1 aromatic carbocycles. The zero-order valence-electron chi connectivity index (χ0n) is 13.8. The smallest absolute Gasteiger partial charge is 0.423 e. The highest BCUT2D eigenvalue weighted by Crippen LogP contribution is 2.24. The molecular weight excluding hydrogens is 349 g/mol. The van der Waals surface area contributed by atoms with E-state index < -0.39 is 7.12 Å². The third kappa shape index (κ3) is 3.31. The van der Waals surface area contributed by atoms with Gasteiger partial charge in [0.25, 0.3) is 5.56 Å². The minimum Gasteiger partial charge on any atom is -0.423 e. The summed E-state index contributed by atoms with van der Waals surface area (Å²) in [4.78, 5) is 24.0. The van der Waals surface area contributed by atoms with Crippen molar-refractivity contribution in [2.75, 3.05) is 5.75 Å². The minimum absolute atomic E-state index is 0.0545. The largest absolute Gasteiger partial charge is 0.490 e. The number of pyridine rings is 1. The third-order valence-electron chi connectivity index (χ3n) is 4.37. The summed E-state index contributed by atoms with van der Waals surface area (Å²) in [7, 11) is -1.52. The second kappa shape index (κ2) is 7.07. The molecule has 130 valence electrons. The van der Waals surface area contributed by atoms with Crippen LogP contribution in [-0.4, -0.2) is 37.9 Å². The van der Waals surface area contributed by atoms with Gasteiger partial charge in [-0.05, 0) is 18.2 Å². The van der Waals surface area contributed by atoms with Crippen LogP contribution in [-0.2, 0) is 12.2 Å². The number of fused-ring (bicyclic) bond motifs is 1. The maximum absolute atomic E-state index is 12.3. The number of H-pyrrole nitrogens is 1. The Morgan fingerprint density at radius 3 is 2.54 bits per heavy atom. The van der Waals surface area contributed by atoms with Crippen LogP contribution in [0.4, 0.5) is 0 Å². The lowest BCUT2D eigenvalue weighted by molar-refractivity contribution is 0.425. The number of aromatic amines is 1. The van der Waals surface area contributed by atoms with E-state index in [1.54, 1.807) is 23.9 Å². The number of aryl methyl sites for hydroxylation is 1. The first-order valence-corrected chi connectivity index (χ1v) is 9.40. The number of hydrogen-bond acceptors (Lipinski definition) is 6. The van der Waals surface area contributed by atoms with E-state index in [9.17, 15) is 4.79 Å². The summed E-state index contributed by atoms with van der Waals surface area (Å²) in [6.07, 6.45) is 2.26. The topological polar surface area (TPSA) is 99.1 Å². The molecule has 4 rings (SSSR count). The van der Waals surface area contributed by atoms with Crippen LogP contribution in [0.1, 0.15) is 11.3 Å². The van der Waals surface area contributed by atoms with Gasteiger partial charge in [-0.2, -0.15) is 11.8 Å². The zero-order valence-corrected chi connectivity index (χ0v) is 14.7. The molecule has 0 fully saturated rings. The minimum atomic E-state index is -1.52. The molecule has 1 aliphatic heterocycles. The van der Waals surface area contributed by atoms with Crippen molar-refractivity contribution < 1.29 is 10.0 Å². The molecule has 0 amide bonds. The molecule has 26 heavy (non-hydrogen) atoms. The lowest BCUT2D eigenvalue weighted by Crippen LogP contribution is -2.29. The van der Waals surface area contributed by atoms with Gasteiger partial charge in [-0.1, -0.05) is 30.3 Å². The van der Waals surface area contributed by atoms with Crippen molar-refractivity contribution in [3.05, 3.63) is 64.2 Å². The summed E-state index contributed by atoms with van der Waals surface area (Å²) in [5.74, 6) is 2.30. The van der Waals surface area contributed by atoms with E-state index in [-0.39, 0.29) is 5.56 Å². The highest BCUT2D eigenvalue weighted by molar-refractivity contribution is 7.98. The van der Waals surface area contributed by atoms with Crippen molar-refractivity contribution in [2.45, 2.75) is 12.2 Å². The molecule has 0 bridgehead atoms. The summed E-state index contributed by atoms with van der Waals surface area (Å²) in [6.45, 7) is 0. The summed E-state index contributed by atoms with van der Waals surface area (Å²) >= 11 is 1.76. The predicted octanol–water partition coefficient (Wildman–Crippen LogP) is 0.968. The van der Waals surface area contributed by atoms with E-state index in [1.807, 2.05) is 24.3 Å². The summed E-state index contributed by atoms with van der Waals surface area (Å²) < 4.78 is 0. The number of thioether (sulfide) groups is 1. The van der Waals surface area contributed by atoms with E-state index >= 15 is 0 Å². The molecule has 0 atom stereocenters. The normalized spacial score (nSPS) is 13.3. The fraction of sp³-hybridized carbons (Fsp3) is 0.167. The van der Waals surface area contributed by atoms with Gasteiger partial charge < -0.3 is 15.0 Å². The van der Waals surface area contributed by atoms with Crippen molar-refractivity contribution in [1.82, 2.24) is 15.0 Å². The van der Waals surface area contributed by atoms with Gasteiger partial charge in [-0.3, -0.25) is 9.78 Å². The third-order valence-corrected chi connectivity index (χ3v) is 5.35. The Hall–Kier alpha value is -2.42. The molecule has 8 heteroatoms. The molecule has 0 radical (unpaired) electrons. The molecule has 3 N–H and O–H groups in total. The molecule has 1 aliphatic rings. The number of hydrogen-bond donors (Lipinski definition) is 3. The SMILES string of the molecule is O=c1[nH]c(-c2ccc(-c3ccc(B(O)O)cn3)cc2)nc2c1CSCC2. The standard InChI is InChI=1S/C18H16BN3O3S/c23-18-14-10-26-8-7-16(14)21-17(22-18)12-3-1-11(2-4-12)15-6-5-13(9-20-15)19(24)25/h1-6,9,24-25H,7-8,10H2,(H,21,22,23). The van der Waals surface area contributed by atoms with Crippen molar-refractivity contribution in [3.8, 4) is 22.6 Å². The number of benzene rings is 1. The van der Waals surface area contributed by atoms with Crippen LogP contribution in [0.2, 0.25) is 0 Å². The van der Waals surface area contributed by atoms with Crippen LogP contribution < -0.4 is 11.0 Å². The van der Waals surface area contributed by atoms with E-state index in [0.717, 1.165) is 46.0 Å². The van der Waals surface area contributed by atoms with Crippen molar-refractivity contribution in [3.63, 3.8) is 0 Å². The van der Waals surface area contributed by atoms with E-state index in [0.29, 0.717) is 11.3 Å². The summed E-state index contributed by atoms with van der Waals surface area (Å²) in [5.41, 5.74) is 4.44. The Balaban J connectivity index is 1.64. The van der Waals surface area contributed by atoms with Gasteiger partial charge >= 0.3 is 7.12 Å². The number of aromatic nitrogens is 3. The van der Waals surface area contributed by atoms with Crippen molar-refractivity contribution >= 4 is 24.3 Å². The lowest BCUT2D eigenvalue weighted by atomic mass is 9.81. The van der Waals surface area contributed by atoms with Gasteiger partial charge in [-0.15, -0.1) is 0 Å². The van der Waals surface area contributed by atoms with Crippen molar-refractivity contribution in [1.29, 1.82) is 0 Å². The molecule has 0 spiro atoms. The number of rotatable bonds is 3. The Labute approximate surface area is 154 Å². The monoisotopic (exact) mass is 365 g/mol. The highest BCUT2D eigenvalue weighted by atomic mass is 32.2. The molecular formula is C18H16BN3O3S. The molecule has 0 saturated heterocycles. The molecule has 0 saturated carbocycles. The van der Waals surface area contributed by atoms with Gasteiger partial charge in [0, 0.05) is 34.1 Å². The average Bonchev–Trinajstić information content (AvgIpc) is 2.68. The summed E-state index contributed by atoms with van der Waals surface area (Å²) in [5, 5.41) is 18.3. The molecule has 0 aliphatic carbocycles. The van der Waals surface area contributed by atoms with Crippen LogP contribution in [0.3, 0.4) is 0 Å². The maximum Gasteiger partial charge on any atom is 0.490 e. The van der Waals surface area contributed by atoms with Crippen LogP contribution in [0.15, 0.2) is 47.4 Å². The fourth-order valence-corrected chi connectivity index (χ4v) is 3.89. The van der Waals surface area contributed by atoms with Gasteiger partial charge in [0.2, 0.25) is 0 Å². The first-order valence-electron chi connectivity index (χ1n) is 8.24. The number of nitrogens with zero attached hydrogens (tertiary/aromatic N) is 2. The Kier molecular flexibility index (Phi) is 4.63. The molecule has 0 unspecified atom stereocenters. The molecule has 2 aromatic heterocycles. The van der Waals surface area contributed by atoms with Gasteiger partial charge in [0.15, 0.2) is 0 Å². The van der Waals surface area contributed by atoms with Crippen LogP contribution in [0.25, 0.3) is 22.6 Å². The quantitative estimate of drug-likeness (QED) is 0.599. The average molecular weight is 365 g/mol. The Morgan fingerprint density at radius 2 is 1.85 bits per heavy atom. The van der Waals surface area contributed by atoms with Crippen LogP contribution in [0, 0.1) is 0 Å². The lowest BCUT2D eigenvalue weighted by Gasteiger charge is -2.14.